The van der Waals surface area contributed by atoms with Crippen LogP contribution in [-0.2, 0) is 6.42 Å². The van der Waals surface area contributed by atoms with Gasteiger partial charge in [0.1, 0.15) is 5.84 Å². The molecule has 1 aliphatic carbocycles. The molecule has 0 spiro atoms. The normalized spacial score (nSPS) is 19.4. The molecule has 0 fully saturated rings. The van der Waals surface area contributed by atoms with Crippen molar-refractivity contribution in [1.82, 2.24) is 5.32 Å². The van der Waals surface area contributed by atoms with Crippen LogP contribution in [-0.4, -0.2) is 40.3 Å². The van der Waals surface area contributed by atoms with E-state index >= 15 is 0 Å². The number of fused-ring (bicyclic) bond motifs is 1. The summed E-state index contributed by atoms with van der Waals surface area (Å²) in [6.45, 7) is 1.80. The standard InChI is InChI=1S/C16H22N2O3.ClH/c1-19-13-9-12-10(14(20-2)15(13)21-3)5-4-6-11(12)16-17-7-8-18-16;/h9,11H,4-8H2,1-3H3,(H,17,18);1H. The summed E-state index contributed by atoms with van der Waals surface area (Å²) < 4.78 is 16.6. The molecule has 5 nitrogen and oxygen atoms in total. The van der Waals surface area contributed by atoms with Crippen LogP contribution in [0.2, 0.25) is 0 Å². The first-order chi connectivity index (χ1) is 10.3. The number of hydrogen-bond donors (Lipinski definition) is 1. The molecular weight excluding hydrogens is 304 g/mol. The monoisotopic (exact) mass is 326 g/mol. The summed E-state index contributed by atoms with van der Waals surface area (Å²) in [5.41, 5.74) is 2.48. The van der Waals surface area contributed by atoms with Crippen LogP contribution in [0.4, 0.5) is 0 Å². The van der Waals surface area contributed by atoms with Gasteiger partial charge in [-0.15, -0.1) is 12.4 Å². The highest BCUT2D eigenvalue weighted by atomic mass is 35.5. The molecule has 3 rings (SSSR count). The number of methoxy groups -OCH3 is 3. The van der Waals surface area contributed by atoms with E-state index in [-0.39, 0.29) is 12.4 Å². The van der Waals surface area contributed by atoms with Gasteiger partial charge >= 0.3 is 0 Å². The fourth-order valence-electron chi connectivity index (χ4n) is 3.38. The van der Waals surface area contributed by atoms with Crippen molar-refractivity contribution in [3.05, 3.63) is 17.2 Å². The lowest BCUT2D eigenvalue weighted by atomic mass is 9.81. The lowest BCUT2D eigenvalue weighted by Gasteiger charge is -2.29. The zero-order valence-electron chi connectivity index (χ0n) is 13.3. The molecule has 6 heteroatoms. The molecule has 0 bridgehead atoms. The van der Waals surface area contributed by atoms with E-state index in [1.54, 1.807) is 21.3 Å². The lowest BCUT2D eigenvalue weighted by Crippen LogP contribution is -2.28. The quantitative estimate of drug-likeness (QED) is 0.924. The minimum absolute atomic E-state index is 0. The first-order valence-electron chi connectivity index (χ1n) is 7.40. The van der Waals surface area contributed by atoms with Crippen LogP contribution in [0.5, 0.6) is 17.2 Å². The SMILES string of the molecule is COc1cc2c(c(OC)c1OC)CCCC2C1=NCCN1.Cl. The van der Waals surface area contributed by atoms with Crippen molar-refractivity contribution in [2.24, 2.45) is 4.99 Å². The van der Waals surface area contributed by atoms with E-state index in [4.69, 9.17) is 14.2 Å². The van der Waals surface area contributed by atoms with Gasteiger partial charge in [-0.05, 0) is 30.9 Å². The Balaban J connectivity index is 0.00000176. The smallest absolute Gasteiger partial charge is 0.203 e. The van der Waals surface area contributed by atoms with Gasteiger partial charge in [0.15, 0.2) is 11.5 Å². The summed E-state index contributed by atoms with van der Waals surface area (Å²) in [7, 11) is 5.00. The van der Waals surface area contributed by atoms with Gasteiger partial charge in [-0.25, -0.2) is 0 Å². The highest BCUT2D eigenvalue weighted by Gasteiger charge is 2.31. The Labute approximate surface area is 137 Å². The molecule has 0 radical (unpaired) electrons. The summed E-state index contributed by atoms with van der Waals surface area (Å²) >= 11 is 0. The Morgan fingerprint density at radius 2 is 1.91 bits per heavy atom. The van der Waals surface area contributed by atoms with Crippen molar-refractivity contribution in [3.8, 4) is 17.2 Å². The molecule has 122 valence electrons. The first-order valence-corrected chi connectivity index (χ1v) is 7.40. The maximum atomic E-state index is 5.62. The van der Waals surface area contributed by atoms with Crippen molar-refractivity contribution < 1.29 is 14.2 Å². The Bertz CT molecular complexity index is 575. The summed E-state index contributed by atoms with van der Waals surface area (Å²) in [6, 6.07) is 2.09. The Hall–Kier alpha value is -1.62. The predicted molar refractivity (Wildman–Crippen MR) is 89.3 cm³/mol. The molecule has 1 atom stereocenters. The third kappa shape index (κ3) is 2.70. The second kappa shape index (κ2) is 7.09. The Morgan fingerprint density at radius 3 is 2.50 bits per heavy atom. The molecule has 1 aliphatic heterocycles. The Kier molecular flexibility index (Phi) is 5.40. The number of amidine groups is 1. The van der Waals surface area contributed by atoms with E-state index in [1.807, 2.05) is 0 Å². The van der Waals surface area contributed by atoms with Crippen LogP contribution in [0.15, 0.2) is 11.1 Å². The Morgan fingerprint density at radius 1 is 1.14 bits per heavy atom. The van der Waals surface area contributed by atoms with E-state index in [1.165, 1.54) is 11.1 Å². The summed E-state index contributed by atoms with van der Waals surface area (Å²) in [6.07, 6.45) is 3.24. The van der Waals surface area contributed by atoms with Crippen molar-refractivity contribution in [3.63, 3.8) is 0 Å². The number of halogens is 1. The molecule has 22 heavy (non-hydrogen) atoms. The highest BCUT2D eigenvalue weighted by molar-refractivity contribution is 5.91. The van der Waals surface area contributed by atoms with Crippen LogP contribution >= 0.6 is 12.4 Å². The molecule has 1 aromatic rings. The summed E-state index contributed by atoms with van der Waals surface area (Å²) in [4.78, 5) is 4.60. The number of nitrogens with one attached hydrogen (secondary N) is 1. The molecule has 1 unspecified atom stereocenters. The van der Waals surface area contributed by atoms with Crippen molar-refractivity contribution in [2.45, 2.75) is 25.2 Å². The van der Waals surface area contributed by atoms with E-state index < -0.39 is 0 Å². The molecule has 1 heterocycles. The fraction of sp³-hybridized carbons (Fsp3) is 0.562. The summed E-state index contributed by atoms with van der Waals surface area (Å²) in [5, 5.41) is 3.41. The second-order valence-corrected chi connectivity index (χ2v) is 5.35. The van der Waals surface area contributed by atoms with Crippen LogP contribution in [0.3, 0.4) is 0 Å². The van der Waals surface area contributed by atoms with E-state index in [2.05, 4.69) is 16.4 Å². The van der Waals surface area contributed by atoms with Crippen molar-refractivity contribution in [2.75, 3.05) is 34.4 Å². The topological polar surface area (TPSA) is 52.1 Å². The van der Waals surface area contributed by atoms with Crippen LogP contribution in [0, 0.1) is 0 Å². The maximum Gasteiger partial charge on any atom is 0.203 e. The molecule has 0 saturated heterocycles. The van der Waals surface area contributed by atoms with Gasteiger partial charge < -0.3 is 19.5 Å². The minimum atomic E-state index is 0. The zero-order valence-corrected chi connectivity index (χ0v) is 14.1. The van der Waals surface area contributed by atoms with Gasteiger partial charge in [-0.3, -0.25) is 4.99 Å². The molecule has 0 amide bonds. The fourth-order valence-corrected chi connectivity index (χ4v) is 3.38. The van der Waals surface area contributed by atoms with Gasteiger partial charge in [-0.1, -0.05) is 0 Å². The van der Waals surface area contributed by atoms with Crippen LogP contribution in [0.25, 0.3) is 0 Å². The molecule has 1 N–H and O–H groups in total. The van der Waals surface area contributed by atoms with Gasteiger partial charge in [0.2, 0.25) is 5.75 Å². The number of benzene rings is 1. The number of nitrogens with zero attached hydrogens (tertiary/aromatic N) is 1. The van der Waals surface area contributed by atoms with Gasteiger partial charge in [0.25, 0.3) is 0 Å². The number of ether oxygens (including phenoxy) is 3. The average Bonchev–Trinajstić information content (AvgIpc) is 3.06. The molecular formula is C16H23ClN2O3. The largest absolute Gasteiger partial charge is 0.493 e. The van der Waals surface area contributed by atoms with Crippen molar-refractivity contribution >= 4 is 18.2 Å². The van der Waals surface area contributed by atoms with E-state index in [9.17, 15) is 0 Å². The summed E-state index contributed by atoms with van der Waals surface area (Å²) in [5.74, 6) is 3.62. The van der Waals surface area contributed by atoms with Gasteiger partial charge in [0.05, 0.1) is 27.9 Å². The maximum absolute atomic E-state index is 5.62. The molecule has 2 aliphatic rings. The van der Waals surface area contributed by atoms with E-state index in [0.29, 0.717) is 11.7 Å². The number of hydrogen-bond acceptors (Lipinski definition) is 5. The minimum Gasteiger partial charge on any atom is -0.493 e. The van der Waals surface area contributed by atoms with Crippen LogP contribution in [0.1, 0.15) is 29.9 Å². The third-order valence-corrected chi connectivity index (χ3v) is 4.29. The number of aliphatic imine (C=N–C) groups is 1. The van der Waals surface area contributed by atoms with Gasteiger partial charge in [-0.2, -0.15) is 0 Å². The number of rotatable bonds is 4. The van der Waals surface area contributed by atoms with Gasteiger partial charge in [0, 0.05) is 18.0 Å². The second-order valence-electron chi connectivity index (χ2n) is 5.35. The van der Waals surface area contributed by atoms with Crippen molar-refractivity contribution in [1.29, 1.82) is 0 Å². The van der Waals surface area contributed by atoms with E-state index in [0.717, 1.165) is 49.7 Å². The van der Waals surface area contributed by atoms with Crippen LogP contribution < -0.4 is 19.5 Å². The first kappa shape index (κ1) is 16.7. The molecule has 0 saturated carbocycles. The lowest BCUT2D eigenvalue weighted by molar-refractivity contribution is 0.320. The highest BCUT2D eigenvalue weighted by Crippen LogP contribution is 2.47. The average molecular weight is 327 g/mol. The third-order valence-electron chi connectivity index (χ3n) is 4.29. The molecule has 1 aromatic carbocycles. The zero-order chi connectivity index (χ0) is 14.8. The predicted octanol–water partition coefficient (Wildman–Crippen LogP) is 2.56. The molecule has 0 aromatic heterocycles.